The topological polar surface area (TPSA) is 75.7 Å². The Bertz CT molecular complexity index is 1780. The summed E-state index contributed by atoms with van der Waals surface area (Å²) in [5.41, 5.74) is 2.67. The minimum atomic E-state index is -1.38. The molecular weight excluding hydrogens is 560 g/mol. The van der Waals surface area contributed by atoms with Crippen molar-refractivity contribution in [2.24, 2.45) is 5.92 Å². The first kappa shape index (κ1) is 27.2. The highest BCUT2D eigenvalue weighted by Crippen LogP contribution is 2.62. The monoisotopic (exact) mass is 588 g/mol. The molecule has 0 aromatic heterocycles. The summed E-state index contributed by atoms with van der Waals surface area (Å²) in [5.74, 6) is -1.20. The largest absolute Gasteiger partial charge is 0.494 e. The Morgan fingerprint density at radius 1 is 0.884 bits per heavy atom. The molecule has 7 rings (SSSR count). The summed E-state index contributed by atoms with van der Waals surface area (Å²) in [4.78, 5) is 45.9. The second kappa shape index (κ2) is 10.5. The van der Waals surface area contributed by atoms with E-state index in [2.05, 4.69) is 5.32 Å². The summed E-state index contributed by atoms with van der Waals surface area (Å²) in [7, 11) is 0. The van der Waals surface area contributed by atoms with Crippen LogP contribution in [0, 0.1) is 5.92 Å². The van der Waals surface area contributed by atoms with Crippen LogP contribution in [0.4, 0.5) is 5.69 Å². The first-order valence-corrected chi connectivity index (χ1v) is 14.8. The van der Waals surface area contributed by atoms with Crippen LogP contribution < -0.4 is 10.1 Å². The molecule has 4 aromatic carbocycles. The van der Waals surface area contributed by atoms with Gasteiger partial charge in [-0.15, -0.1) is 0 Å². The standard InChI is InChI=1S/C36H29ClN2O4/c1-2-21-43-26-17-13-23(14-18-26)32(40)30-31(33(41)24-11-15-25(37)16-12-24)39-20-19-22-7-3-4-8-27(22)34(39)36(30)28-9-5-6-10-29(28)38-35(36)42/h3-20,30-31,34H,2,21H2,1H3,(H,38,42). The smallest absolute Gasteiger partial charge is 0.238 e. The summed E-state index contributed by atoms with van der Waals surface area (Å²) in [6.45, 7) is 2.59. The molecule has 0 saturated carbocycles. The molecule has 4 atom stereocenters. The number of hydrogen-bond acceptors (Lipinski definition) is 5. The number of para-hydroxylation sites is 1. The van der Waals surface area contributed by atoms with E-state index in [1.807, 2.05) is 72.6 Å². The van der Waals surface area contributed by atoms with E-state index in [1.54, 1.807) is 48.5 Å². The van der Waals surface area contributed by atoms with E-state index in [9.17, 15) is 14.4 Å². The fourth-order valence-electron chi connectivity index (χ4n) is 7.07. The Balaban J connectivity index is 1.47. The van der Waals surface area contributed by atoms with E-state index < -0.39 is 23.4 Å². The van der Waals surface area contributed by atoms with E-state index >= 15 is 0 Å². The van der Waals surface area contributed by atoms with Crippen LogP contribution in [0.5, 0.6) is 5.75 Å². The van der Waals surface area contributed by atoms with Crippen molar-refractivity contribution >= 4 is 40.8 Å². The van der Waals surface area contributed by atoms with Gasteiger partial charge in [-0.25, -0.2) is 0 Å². The Morgan fingerprint density at radius 2 is 1.56 bits per heavy atom. The number of benzene rings is 4. The fraction of sp³-hybridized carbons (Fsp3) is 0.194. The SMILES string of the molecule is CCCOc1ccc(C(=O)C2C(C(=O)c3ccc(Cl)cc3)N3C=Cc4ccccc4C3C23C(=O)Nc2ccccc23)cc1. The number of Topliss-reactive ketones (excluding diaryl/α,β-unsaturated/α-hetero) is 2. The number of amides is 1. The van der Waals surface area contributed by atoms with Gasteiger partial charge >= 0.3 is 0 Å². The van der Waals surface area contributed by atoms with Crippen LogP contribution in [0.1, 0.15) is 56.8 Å². The molecule has 3 aliphatic rings. The third kappa shape index (κ3) is 4.12. The third-order valence-corrected chi connectivity index (χ3v) is 9.11. The first-order valence-electron chi connectivity index (χ1n) is 14.5. The highest BCUT2D eigenvalue weighted by molar-refractivity contribution is 6.30. The van der Waals surface area contributed by atoms with E-state index in [4.69, 9.17) is 16.3 Å². The van der Waals surface area contributed by atoms with Crippen molar-refractivity contribution in [2.75, 3.05) is 11.9 Å². The lowest BCUT2D eigenvalue weighted by Gasteiger charge is -2.38. The van der Waals surface area contributed by atoms with Crippen molar-refractivity contribution in [3.8, 4) is 5.75 Å². The Kier molecular flexibility index (Phi) is 6.66. The van der Waals surface area contributed by atoms with Gasteiger partial charge in [-0.3, -0.25) is 14.4 Å². The zero-order chi connectivity index (χ0) is 29.7. The maximum absolute atomic E-state index is 14.9. The first-order chi connectivity index (χ1) is 20.9. The molecule has 0 radical (unpaired) electrons. The third-order valence-electron chi connectivity index (χ3n) is 8.86. The van der Waals surface area contributed by atoms with Gasteiger partial charge in [0.25, 0.3) is 0 Å². The Morgan fingerprint density at radius 3 is 2.33 bits per heavy atom. The van der Waals surface area contributed by atoms with Crippen molar-refractivity contribution < 1.29 is 19.1 Å². The molecule has 1 saturated heterocycles. The number of hydrogen-bond donors (Lipinski definition) is 1. The Labute approximate surface area is 254 Å². The number of carbonyl (C=O) groups is 3. The van der Waals surface area contributed by atoms with Crippen LogP contribution in [-0.2, 0) is 10.2 Å². The predicted octanol–water partition coefficient (Wildman–Crippen LogP) is 7.11. The van der Waals surface area contributed by atoms with Gasteiger partial charge in [-0.1, -0.05) is 61.0 Å². The molecule has 1 amide bonds. The van der Waals surface area contributed by atoms with Gasteiger partial charge in [-0.2, -0.15) is 0 Å². The number of nitrogens with one attached hydrogen (secondary N) is 1. The lowest BCUT2D eigenvalue weighted by atomic mass is 9.62. The quantitative estimate of drug-likeness (QED) is 0.233. The van der Waals surface area contributed by atoms with Crippen molar-refractivity contribution in [1.82, 2.24) is 4.90 Å². The summed E-state index contributed by atoms with van der Waals surface area (Å²) >= 11 is 6.17. The highest BCUT2D eigenvalue weighted by Gasteiger charge is 2.70. The van der Waals surface area contributed by atoms with E-state index in [-0.39, 0.29) is 17.5 Å². The van der Waals surface area contributed by atoms with E-state index in [0.717, 1.165) is 17.5 Å². The van der Waals surface area contributed by atoms with Crippen molar-refractivity contribution in [2.45, 2.75) is 30.8 Å². The van der Waals surface area contributed by atoms with Gasteiger partial charge in [0, 0.05) is 28.0 Å². The summed E-state index contributed by atoms with van der Waals surface area (Å²) < 4.78 is 5.76. The minimum Gasteiger partial charge on any atom is -0.494 e. The number of rotatable bonds is 7. The summed E-state index contributed by atoms with van der Waals surface area (Å²) in [6.07, 6.45) is 4.68. The average molecular weight is 589 g/mol. The van der Waals surface area contributed by atoms with Gasteiger partial charge in [-0.05, 0) is 83.8 Å². The van der Waals surface area contributed by atoms with Gasteiger partial charge < -0.3 is 15.0 Å². The van der Waals surface area contributed by atoms with Gasteiger partial charge in [0.2, 0.25) is 5.91 Å². The maximum atomic E-state index is 14.9. The normalized spacial score (nSPS) is 23.0. The van der Waals surface area contributed by atoms with Crippen LogP contribution in [0.3, 0.4) is 0 Å². The van der Waals surface area contributed by atoms with Crippen LogP contribution in [0.25, 0.3) is 6.08 Å². The zero-order valence-electron chi connectivity index (χ0n) is 23.5. The van der Waals surface area contributed by atoms with Gasteiger partial charge in [0.1, 0.15) is 17.2 Å². The predicted molar refractivity (Wildman–Crippen MR) is 166 cm³/mol. The molecule has 1 N–H and O–H groups in total. The number of fused-ring (bicyclic) bond motifs is 6. The molecule has 3 aliphatic heterocycles. The number of anilines is 1. The number of carbonyl (C=O) groups excluding carboxylic acids is 3. The molecule has 43 heavy (non-hydrogen) atoms. The molecule has 214 valence electrons. The molecule has 1 spiro atoms. The van der Waals surface area contributed by atoms with E-state index in [0.29, 0.717) is 39.8 Å². The van der Waals surface area contributed by atoms with Gasteiger partial charge in [0.15, 0.2) is 11.6 Å². The summed E-state index contributed by atoms with van der Waals surface area (Å²) in [6, 6.07) is 27.5. The lowest BCUT2D eigenvalue weighted by molar-refractivity contribution is -0.122. The van der Waals surface area contributed by atoms with Crippen molar-refractivity contribution in [3.63, 3.8) is 0 Å². The second-order valence-electron chi connectivity index (χ2n) is 11.2. The van der Waals surface area contributed by atoms with Crippen LogP contribution in [-0.4, -0.2) is 35.0 Å². The Hall–Kier alpha value is -4.68. The number of ketones is 2. The maximum Gasteiger partial charge on any atom is 0.238 e. The molecule has 0 bridgehead atoms. The zero-order valence-corrected chi connectivity index (χ0v) is 24.3. The van der Waals surface area contributed by atoms with Crippen molar-refractivity contribution in [3.05, 3.63) is 136 Å². The molecule has 4 unspecified atom stereocenters. The molecule has 6 nitrogen and oxygen atoms in total. The highest BCUT2D eigenvalue weighted by atomic mass is 35.5. The fourth-order valence-corrected chi connectivity index (χ4v) is 7.19. The van der Waals surface area contributed by atoms with Crippen LogP contribution >= 0.6 is 11.6 Å². The number of ether oxygens (including phenoxy) is 1. The van der Waals surface area contributed by atoms with Crippen molar-refractivity contribution in [1.29, 1.82) is 0 Å². The number of nitrogens with zero attached hydrogens (tertiary/aromatic N) is 1. The molecule has 0 aliphatic carbocycles. The number of halogens is 1. The second-order valence-corrected chi connectivity index (χ2v) is 11.6. The molecule has 4 aromatic rings. The molecular formula is C36H29ClN2O4. The molecule has 1 fully saturated rings. The average Bonchev–Trinajstić information content (AvgIpc) is 3.52. The van der Waals surface area contributed by atoms with Crippen LogP contribution in [0.2, 0.25) is 5.02 Å². The minimum absolute atomic E-state index is 0.249. The molecule has 3 heterocycles. The van der Waals surface area contributed by atoms with Gasteiger partial charge in [0.05, 0.1) is 18.6 Å². The van der Waals surface area contributed by atoms with Crippen LogP contribution in [0.15, 0.2) is 103 Å². The lowest BCUT2D eigenvalue weighted by Crippen LogP contribution is -2.49. The van der Waals surface area contributed by atoms with E-state index in [1.165, 1.54) is 0 Å². The summed E-state index contributed by atoms with van der Waals surface area (Å²) in [5, 5.41) is 3.58. The molecule has 7 heteroatoms.